The van der Waals surface area contributed by atoms with Gasteiger partial charge in [0.2, 0.25) is 0 Å². The lowest BCUT2D eigenvalue weighted by Crippen LogP contribution is -2.38. The van der Waals surface area contributed by atoms with Gasteiger partial charge < -0.3 is 10.2 Å². The van der Waals surface area contributed by atoms with Crippen molar-refractivity contribution in [2.45, 2.75) is 33.7 Å². The molecule has 0 bridgehead atoms. The Balaban J connectivity index is 4.72. The SMILES string of the molecule is CC(=O)C(=CN(C)C)C(=O)NC(C)C(C)C. The minimum atomic E-state index is -0.303. The van der Waals surface area contributed by atoms with E-state index in [2.05, 4.69) is 5.32 Å². The van der Waals surface area contributed by atoms with Crippen LogP contribution in [0.5, 0.6) is 0 Å². The molecular weight excluding hydrogens is 204 g/mol. The molecule has 0 rings (SSSR count). The maximum absolute atomic E-state index is 11.8. The third kappa shape index (κ3) is 4.96. The summed E-state index contributed by atoms with van der Waals surface area (Å²) in [6, 6.07) is 0.0532. The average Bonchev–Trinajstić information content (AvgIpc) is 2.12. The molecule has 92 valence electrons. The van der Waals surface area contributed by atoms with Gasteiger partial charge in [-0.1, -0.05) is 13.8 Å². The largest absolute Gasteiger partial charge is 0.383 e. The number of carbonyl (C=O) groups is 2. The molecule has 1 amide bonds. The van der Waals surface area contributed by atoms with Crippen molar-refractivity contribution >= 4 is 11.7 Å². The Labute approximate surface area is 97.7 Å². The van der Waals surface area contributed by atoms with Crippen molar-refractivity contribution in [2.75, 3.05) is 14.1 Å². The van der Waals surface area contributed by atoms with Crippen LogP contribution in [-0.2, 0) is 9.59 Å². The van der Waals surface area contributed by atoms with E-state index < -0.39 is 0 Å². The first-order valence-corrected chi connectivity index (χ1v) is 5.45. The predicted molar refractivity (Wildman–Crippen MR) is 64.9 cm³/mol. The first-order chi connectivity index (χ1) is 7.25. The van der Waals surface area contributed by atoms with Crippen molar-refractivity contribution in [3.63, 3.8) is 0 Å². The van der Waals surface area contributed by atoms with Crippen molar-refractivity contribution in [2.24, 2.45) is 5.92 Å². The van der Waals surface area contributed by atoms with Gasteiger partial charge in [0, 0.05) is 26.3 Å². The Bertz CT molecular complexity index is 293. The summed E-state index contributed by atoms with van der Waals surface area (Å²) in [5, 5.41) is 2.81. The molecule has 0 aromatic carbocycles. The number of ketones is 1. The fourth-order valence-corrected chi connectivity index (χ4v) is 1.02. The van der Waals surface area contributed by atoms with Gasteiger partial charge >= 0.3 is 0 Å². The summed E-state index contributed by atoms with van der Waals surface area (Å²) in [4.78, 5) is 24.8. The van der Waals surface area contributed by atoms with Crippen LogP contribution in [0.25, 0.3) is 0 Å². The van der Waals surface area contributed by atoms with E-state index in [9.17, 15) is 9.59 Å². The molecule has 0 radical (unpaired) electrons. The van der Waals surface area contributed by atoms with Gasteiger partial charge in [-0.15, -0.1) is 0 Å². The van der Waals surface area contributed by atoms with Crippen LogP contribution in [0.15, 0.2) is 11.8 Å². The normalized spacial score (nSPS) is 13.6. The van der Waals surface area contributed by atoms with Gasteiger partial charge in [0.05, 0.1) is 5.57 Å². The average molecular weight is 226 g/mol. The molecule has 16 heavy (non-hydrogen) atoms. The molecular formula is C12H22N2O2. The zero-order chi connectivity index (χ0) is 12.9. The molecule has 0 aliphatic rings. The molecule has 0 fully saturated rings. The van der Waals surface area contributed by atoms with Gasteiger partial charge in [-0.2, -0.15) is 0 Å². The lowest BCUT2D eigenvalue weighted by Gasteiger charge is -2.18. The zero-order valence-electron chi connectivity index (χ0n) is 11.0. The first-order valence-electron chi connectivity index (χ1n) is 5.45. The first kappa shape index (κ1) is 14.7. The number of nitrogens with zero attached hydrogens (tertiary/aromatic N) is 1. The summed E-state index contributed by atoms with van der Waals surface area (Å²) in [7, 11) is 3.56. The summed E-state index contributed by atoms with van der Waals surface area (Å²) in [5.41, 5.74) is 0.192. The Morgan fingerprint density at radius 1 is 1.19 bits per heavy atom. The van der Waals surface area contributed by atoms with Crippen LogP contribution in [-0.4, -0.2) is 36.7 Å². The topological polar surface area (TPSA) is 49.4 Å². The van der Waals surface area contributed by atoms with Gasteiger partial charge in [0.15, 0.2) is 5.78 Å². The fourth-order valence-electron chi connectivity index (χ4n) is 1.02. The Morgan fingerprint density at radius 3 is 2.00 bits per heavy atom. The zero-order valence-corrected chi connectivity index (χ0v) is 11.0. The summed E-state index contributed by atoms with van der Waals surface area (Å²) in [6.07, 6.45) is 1.55. The van der Waals surface area contributed by atoms with Crippen LogP contribution in [0.1, 0.15) is 27.7 Å². The molecule has 1 atom stereocenters. The van der Waals surface area contributed by atoms with Crippen LogP contribution >= 0.6 is 0 Å². The van der Waals surface area contributed by atoms with Crippen molar-refractivity contribution in [3.8, 4) is 0 Å². The molecule has 0 aliphatic carbocycles. The van der Waals surface area contributed by atoms with Gasteiger partial charge in [-0.05, 0) is 19.8 Å². The molecule has 0 heterocycles. The van der Waals surface area contributed by atoms with E-state index in [1.165, 1.54) is 6.92 Å². The number of rotatable bonds is 5. The minimum absolute atomic E-state index is 0.0532. The second kappa shape index (κ2) is 6.30. The number of carbonyl (C=O) groups excluding carboxylic acids is 2. The standard InChI is InChI=1S/C12H22N2O2/c1-8(2)9(3)13-12(16)11(10(4)15)7-14(5)6/h7-9H,1-6H3,(H,13,16). The van der Waals surface area contributed by atoms with Crippen molar-refractivity contribution in [1.82, 2.24) is 10.2 Å². The van der Waals surface area contributed by atoms with E-state index in [1.807, 2.05) is 20.8 Å². The maximum atomic E-state index is 11.8. The lowest BCUT2D eigenvalue weighted by molar-refractivity contribution is -0.122. The summed E-state index contributed by atoms with van der Waals surface area (Å²) in [5.74, 6) is -0.180. The molecule has 0 aliphatic heterocycles. The molecule has 0 spiro atoms. The van der Waals surface area contributed by atoms with Crippen molar-refractivity contribution in [3.05, 3.63) is 11.8 Å². The van der Waals surface area contributed by atoms with E-state index in [1.54, 1.807) is 25.2 Å². The lowest BCUT2D eigenvalue weighted by atomic mass is 10.1. The van der Waals surface area contributed by atoms with Crippen LogP contribution in [0.3, 0.4) is 0 Å². The Kier molecular flexibility index (Phi) is 5.78. The second-order valence-electron chi connectivity index (χ2n) is 4.57. The molecule has 1 unspecified atom stereocenters. The molecule has 0 aromatic heterocycles. The highest BCUT2D eigenvalue weighted by molar-refractivity contribution is 6.18. The molecule has 0 saturated heterocycles. The number of Topliss-reactive ketones (excluding diaryl/α,β-unsaturated/α-hetero) is 1. The van der Waals surface area contributed by atoms with Gasteiger partial charge in [-0.3, -0.25) is 9.59 Å². The predicted octanol–water partition coefficient (Wildman–Crippen LogP) is 1.18. The van der Waals surface area contributed by atoms with Crippen LogP contribution < -0.4 is 5.32 Å². The molecule has 4 nitrogen and oxygen atoms in total. The van der Waals surface area contributed by atoms with Crippen LogP contribution in [0.4, 0.5) is 0 Å². The Hall–Kier alpha value is -1.32. The maximum Gasteiger partial charge on any atom is 0.256 e. The fraction of sp³-hybridized carbons (Fsp3) is 0.667. The third-order valence-corrected chi connectivity index (χ3v) is 2.37. The summed E-state index contributed by atoms with van der Waals surface area (Å²) in [6.45, 7) is 7.37. The van der Waals surface area contributed by atoms with E-state index in [0.717, 1.165) is 0 Å². The Morgan fingerprint density at radius 2 is 1.69 bits per heavy atom. The number of hydrogen-bond donors (Lipinski definition) is 1. The summed E-state index contributed by atoms with van der Waals surface area (Å²) < 4.78 is 0. The van der Waals surface area contributed by atoms with Crippen LogP contribution in [0.2, 0.25) is 0 Å². The number of hydrogen-bond acceptors (Lipinski definition) is 3. The van der Waals surface area contributed by atoms with E-state index in [-0.39, 0.29) is 23.3 Å². The molecule has 0 aromatic rings. The van der Waals surface area contributed by atoms with Gasteiger partial charge in [0.25, 0.3) is 5.91 Å². The third-order valence-electron chi connectivity index (χ3n) is 2.37. The molecule has 4 heteroatoms. The smallest absolute Gasteiger partial charge is 0.256 e. The van der Waals surface area contributed by atoms with E-state index >= 15 is 0 Å². The van der Waals surface area contributed by atoms with Gasteiger partial charge in [-0.25, -0.2) is 0 Å². The van der Waals surface area contributed by atoms with Crippen molar-refractivity contribution in [1.29, 1.82) is 0 Å². The summed E-state index contributed by atoms with van der Waals surface area (Å²) >= 11 is 0. The van der Waals surface area contributed by atoms with E-state index in [4.69, 9.17) is 0 Å². The number of amides is 1. The highest BCUT2D eigenvalue weighted by Crippen LogP contribution is 2.03. The van der Waals surface area contributed by atoms with E-state index in [0.29, 0.717) is 5.92 Å². The second-order valence-corrected chi connectivity index (χ2v) is 4.57. The van der Waals surface area contributed by atoms with Gasteiger partial charge in [0.1, 0.15) is 0 Å². The minimum Gasteiger partial charge on any atom is -0.383 e. The monoisotopic (exact) mass is 226 g/mol. The van der Waals surface area contributed by atoms with Crippen LogP contribution in [0, 0.1) is 5.92 Å². The van der Waals surface area contributed by atoms with Crippen molar-refractivity contribution < 1.29 is 9.59 Å². The highest BCUT2D eigenvalue weighted by Gasteiger charge is 2.18. The molecule has 0 saturated carbocycles. The number of nitrogens with one attached hydrogen (secondary N) is 1. The highest BCUT2D eigenvalue weighted by atomic mass is 16.2. The molecule has 1 N–H and O–H groups in total. The quantitative estimate of drug-likeness (QED) is 0.435.